The Morgan fingerprint density at radius 2 is 2.21 bits per heavy atom. The van der Waals surface area contributed by atoms with Crippen molar-refractivity contribution in [1.82, 2.24) is 0 Å². The Bertz CT molecular complexity index is 243. The topological polar surface area (TPSA) is 26.3 Å². The van der Waals surface area contributed by atoms with Crippen molar-refractivity contribution in [2.75, 3.05) is 0 Å². The standard InChI is InChI=1S/C12H20O2/c1-10-6-4-8-12(3,9-5-7-10)14-11(2)13/h6H,4-5,7-9H2,1-3H3. The van der Waals surface area contributed by atoms with Crippen LogP contribution in [0.5, 0.6) is 0 Å². The van der Waals surface area contributed by atoms with E-state index < -0.39 is 0 Å². The van der Waals surface area contributed by atoms with Gasteiger partial charge in [0, 0.05) is 6.92 Å². The zero-order valence-corrected chi connectivity index (χ0v) is 9.43. The van der Waals surface area contributed by atoms with Crippen LogP contribution in [0.15, 0.2) is 11.6 Å². The summed E-state index contributed by atoms with van der Waals surface area (Å²) in [5.74, 6) is -0.159. The third-order valence-corrected chi connectivity index (χ3v) is 2.83. The molecule has 0 saturated heterocycles. The highest BCUT2D eigenvalue weighted by atomic mass is 16.6. The van der Waals surface area contributed by atoms with Crippen LogP contribution in [0.4, 0.5) is 0 Å². The molecule has 0 saturated carbocycles. The maximum Gasteiger partial charge on any atom is 0.303 e. The molecule has 80 valence electrons. The Morgan fingerprint density at radius 1 is 1.50 bits per heavy atom. The zero-order chi connectivity index (χ0) is 10.6. The second kappa shape index (κ2) is 4.63. The van der Waals surface area contributed by atoms with Gasteiger partial charge in [-0.1, -0.05) is 11.6 Å². The first-order chi connectivity index (χ1) is 6.52. The number of esters is 1. The van der Waals surface area contributed by atoms with E-state index >= 15 is 0 Å². The maximum absolute atomic E-state index is 10.9. The van der Waals surface area contributed by atoms with Gasteiger partial charge >= 0.3 is 5.97 Å². The van der Waals surface area contributed by atoms with Crippen LogP contribution in [0.3, 0.4) is 0 Å². The van der Waals surface area contributed by atoms with Crippen LogP contribution in [0.25, 0.3) is 0 Å². The second-order valence-corrected chi connectivity index (χ2v) is 4.49. The third kappa shape index (κ3) is 3.52. The summed E-state index contributed by atoms with van der Waals surface area (Å²) in [6.45, 7) is 5.71. The number of hydrogen-bond acceptors (Lipinski definition) is 2. The highest BCUT2D eigenvalue weighted by Gasteiger charge is 2.27. The summed E-state index contributed by atoms with van der Waals surface area (Å²) in [5.41, 5.74) is 1.23. The molecular formula is C12H20O2. The lowest BCUT2D eigenvalue weighted by molar-refractivity contribution is -0.156. The number of carbonyl (C=O) groups is 1. The van der Waals surface area contributed by atoms with Crippen molar-refractivity contribution in [2.24, 2.45) is 0 Å². The molecule has 0 radical (unpaired) electrons. The average Bonchev–Trinajstić information content (AvgIpc) is 1.99. The smallest absolute Gasteiger partial charge is 0.303 e. The Hall–Kier alpha value is -0.790. The van der Waals surface area contributed by atoms with E-state index in [1.807, 2.05) is 6.92 Å². The first kappa shape index (κ1) is 11.3. The van der Waals surface area contributed by atoms with Crippen molar-refractivity contribution >= 4 is 5.97 Å². The van der Waals surface area contributed by atoms with Crippen LogP contribution in [-0.2, 0) is 9.53 Å². The van der Waals surface area contributed by atoms with Crippen LogP contribution >= 0.6 is 0 Å². The second-order valence-electron chi connectivity index (χ2n) is 4.49. The molecule has 2 nitrogen and oxygen atoms in total. The molecule has 1 aliphatic rings. The SMILES string of the molecule is CC(=O)OC1(C)CCC=C(C)CCC1. The van der Waals surface area contributed by atoms with Crippen LogP contribution in [0, 0.1) is 0 Å². The molecule has 0 amide bonds. The first-order valence-electron chi connectivity index (χ1n) is 5.37. The summed E-state index contributed by atoms with van der Waals surface area (Å²) in [4.78, 5) is 10.9. The summed E-state index contributed by atoms with van der Waals surface area (Å²) in [5, 5.41) is 0. The van der Waals surface area contributed by atoms with Crippen molar-refractivity contribution in [3.05, 3.63) is 11.6 Å². The summed E-state index contributed by atoms with van der Waals surface area (Å²) in [6, 6.07) is 0. The minimum atomic E-state index is -0.233. The van der Waals surface area contributed by atoms with Crippen LogP contribution in [-0.4, -0.2) is 11.6 Å². The number of rotatable bonds is 1. The Morgan fingerprint density at radius 3 is 2.86 bits per heavy atom. The lowest BCUT2D eigenvalue weighted by Gasteiger charge is -2.30. The number of carbonyl (C=O) groups excluding carboxylic acids is 1. The van der Waals surface area contributed by atoms with Crippen molar-refractivity contribution < 1.29 is 9.53 Å². The minimum absolute atomic E-state index is 0.159. The van der Waals surface area contributed by atoms with Crippen LogP contribution in [0.1, 0.15) is 52.9 Å². The fraction of sp³-hybridized carbons (Fsp3) is 0.750. The Balaban J connectivity index is 2.58. The average molecular weight is 196 g/mol. The molecule has 1 atom stereocenters. The fourth-order valence-electron chi connectivity index (χ4n) is 2.04. The number of hydrogen-bond donors (Lipinski definition) is 0. The van der Waals surface area contributed by atoms with E-state index in [1.54, 1.807) is 0 Å². The largest absolute Gasteiger partial charge is 0.460 e. The van der Waals surface area contributed by atoms with E-state index in [0.717, 1.165) is 32.1 Å². The normalized spacial score (nSPS) is 28.6. The molecule has 0 aromatic heterocycles. The van der Waals surface area contributed by atoms with Gasteiger partial charge in [0.2, 0.25) is 0 Å². The van der Waals surface area contributed by atoms with Gasteiger partial charge in [-0.3, -0.25) is 4.79 Å². The van der Waals surface area contributed by atoms with Gasteiger partial charge in [0.25, 0.3) is 0 Å². The molecule has 0 aromatic carbocycles. The molecule has 0 bridgehead atoms. The van der Waals surface area contributed by atoms with Crippen LogP contribution < -0.4 is 0 Å². The van der Waals surface area contributed by atoms with Gasteiger partial charge < -0.3 is 4.74 Å². The highest BCUT2D eigenvalue weighted by molar-refractivity contribution is 5.66. The van der Waals surface area contributed by atoms with Gasteiger partial charge in [0.1, 0.15) is 5.60 Å². The molecule has 1 rings (SSSR count). The predicted octanol–water partition coefficient (Wildman–Crippen LogP) is 3.22. The summed E-state index contributed by atoms with van der Waals surface area (Å²) < 4.78 is 5.38. The molecule has 0 heterocycles. The lowest BCUT2D eigenvalue weighted by Crippen LogP contribution is -2.31. The Kier molecular flexibility index (Phi) is 3.73. The molecule has 2 heteroatoms. The first-order valence-corrected chi connectivity index (χ1v) is 5.37. The van der Waals surface area contributed by atoms with Crippen molar-refractivity contribution in [3.63, 3.8) is 0 Å². The van der Waals surface area contributed by atoms with E-state index in [4.69, 9.17) is 4.74 Å². The molecule has 0 spiro atoms. The summed E-state index contributed by atoms with van der Waals surface area (Å²) >= 11 is 0. The number of allylic oxidation sites excluding steroid dienone is 2. The van der Waals surface area contributed by atoms with Crippen molar-refractivity contribution in [1.29, 1.82) is 0 Å². The molecule has 0 N–H and O–H groups in total. The van der Waals surface area contributed by atoms with Gasteiger partial charge in [0.05, 0.1) is 0 Å². The number of ether oxygens (including phenoxy) is 1. The highest BCUT2D eigenvalue weighted by Crippen LogP contribution is 2.28. The van der Waals surface area contributed by atoms with Gasteiger partial charge in [-0.15, -0.1) is 0 Å². The van der Waals surface area contributed by atoms with Crippen molar-refractivity contribution in [3.8, 4) is 0 Å². The minimum Gasteiger partial charge on any atom is -0.460 e. The summed E-state index contributed by atoms with van der Waals surface area (Å²) in [6.07, 6.45) is 7.47. The van der Waals surface area contributed by atoms with E-state index in [-0.39, 0.29) is 11.6 Å². The molecule has 1 aliphatic carbocycles. The molecular weight excluding hydrogens is 176 g/mol. The lowest BCUT2D eigenvalue weighted by atomic mass is 9.89. The van der Waals surface area contributed by atoms with Gasteiger partial charge in [-0.05, 0) is 46.0 Å². The van der Waals surface area contributed by atoms with Crippen LogP contribution in [0.2, 0.25) is 0 Å². The summed E-state index contributed by atoms with van der Waals surface area (Å²) in [7, 11) is 0. The van der Waals surface area contributed by atoms with Gasteiger partial charge in [-0.25, -0.2) is 0 Å². The quantitative estimate of drug-likeness (QED) is 0.475. The molecule has 0 aliphatic heterocycles. The van der Waals surface area contributed by atoms with Gasteiger partial charge in [0.15, 0.2) is 0 Å². The van der Waals surface area contributed by atoms with E-state index in [1.165, 1.54) is 12.5 Å². The monoisotopic (exact) mass is 196 g/mol. The maximum atomic E-state index is 10.9. The molecule has 14 heavy (non-hydrogen) atoms. The van der Waals surface area contributed by atoms with E-state index in [2.05, 4.69) is 13.0 Å². The molecule has 0 aromatic rings. The zero-order valence-electron chi connectivity index (χ0n) is 9.43. The molecule has 0 fully saturated rings. The van der Waals surface area contributed by atoms with E-state index in [9.17, 15) is 4.79 Å². The van der Waals surface area contributed by atoms with Crippen molar-refractivity contribution in [2.45, 2.75) is 58.5 Å². The van der Waals surface area contributed by atoms with E-state index in [0.29, 0.717) is 0 Å². The molecule has 1 unspecified atom stereocenters. The fourth-order valence-corrected chi connectivity index (χ4v) is 2.04. The predicted molar refractivity (Wildman–Crippen MR) is 57.0 cm³/mol. The third-order valence-electron chi connectivity index (χ3n) is 2.83. The Labute approximate surface area is 86.3 Å². The van der Waals surface area contributed by atoms with Gasteiger partial charge in [-0.2, -0.15) is 0 Å².